The number of amides is 2. The third-order valence-corrected chi connectivity index (χ3v) is 2.95. The first-order valence-corrected chi connectivity index (χ1v) is 6.41. The molecule has 2 atom stereocenters. The summed E-state index contributed by atoms with van der Waals surface area (Å²) in [6, 6.07) is 0. The first-order chi connectivity index (χ1) is 8.65. The number of ether oxygens (including phenoxy) is 1. The van der Waals surface area contributed by atoms with Crippen LogP contribution in [-0.4, -0.2) is 24.5 Å². The highest BCUT2D eigenvalue weighted by Gasteiger charge is 2.13. The fourth-order valence-corrected chi connectivity index (χ4v) is 1.85. The second-order valence-corrected chi connectivity index (χ2v) is 4.44. The van der Waals surface area contributed by atoms with Gasteiger partial charge in [-0.15, -0.1) is 0 Å². The molecule has 18 heavy (non-hydrogen) atoms. The zero-order valence-corrected chi connectivity index (χ0v) is 11.0. The molecule has 0 saturated carbocycles. The van der Waals surface area contributed by atoms with Crippen molar-refractivity contribution in [2.75, 3.05) is 0 Å². The lowest BCUT2D eigenvalue weighted by atomic mass is 10.0. The Morgan fingerprint density at radius 1 is 1.67 bits per heavy atom. The second kappa shape index (κ2) is 7.82. The first-order valence-electron chi connectivity index (χ1n) is 6.41. The van der Waals surface area contributed by atoms with Gasteiger partial charge in [0.05, 0.1) is 12.2 Å². The zero-order chi connectivity index (χ0) is 13.4. The molecule has 4 nitrogen and oxygen atoms in total. The molecule has 1 N–H and O–H groups in total. The van der Waals surface area contributed by atoms with Crippen molar-refractivity contribution in [1.29, 1.82) is 0 Å². The Kier molecular flexibility index (Phi) is 6.36. The van der Waals surface area contributed by atoms with Crippen molar-refractivity contribution in [2.24, 2.45) is 0 Å². The predicted octanol–water partition coefficient (Wildman–Crippen LogP) is 2.11. The number of carbonyl (C=O) groups is 2. The Hall–Kier alpha value is -1.42. The van der Waals surface area contributed by atoms with Crippen molar-refractivity contribution < 1.29 is 14.3 Å². The van der Waals surface area contributed by atoms with Crippen LogP contribution in [0, 0.1) is 0 Å². The lowest BCUT2D eigenvalue weighted by molar-refractivity contribution is -0.125. The van der Waals surface area contributed by atoms with Gasteiger partial charge in [0.25, 0.3) is 0 Å². The summed E-state index contributed by atoms with van der Waals surface area (Å²) in [5, 5.41) is 2.12. The van der Waals surface area contributed by atoms with Crippen LogP contribution in [0.4, 0.5) is 0 Å². The minimum absolute atomic E-state index is 0.00799. The largest absolute Gasteiger partial charge is 0.371 e. The van der Waals surface area contributed by atoms with Crippen LogP contribution in [0.2, 0.25) is 0 Å². The van der Waals surface area contributed by atoms with Gasteiger partial charge >= 0.3 is 0 Å². The molecule has 0 aromatic heterocycles. The Bertz CT molecular complexity index is 347. The fourth-order valence-electron chi connectivity index (χ4n) is 1.85. The molecule has 0 aromatic rings. The van der Waals surface area contributed by atoms with Gasteiger partial charge < -0.3 is 4.74 Å². The monoisotopic (exact) mass is 251 g/mol. The fraction of sp³-hybridized carbons (Fsp3) is 0.571. The standard InChI is InChI=1S/C14H21NO3/c1-3-12-5-7-13(8-6-12)18-11(2)4-9-14(17)15-10-16/h5-7,10-11,13H,3-4,8-9H2,1-2H3,(H,15,16,17). The number of allylic oxidation sites excluding steroid dienone is 2. The minimum Gasteiger partial charge on any atom is -0.371 e. The van der Waals surface area contributed by atoms with Crippen LogP contribution in [0.1, 0.15) is 39.5 Å². The van der Waals surface area contributed by atoms with Crippen LogP contribution in [0.3, 0.4) is 0 Å². The highest BCUT2D eigenvalue weighted by atomic mass is 16.5. The van der Waals surface area contributed by atoms with E-state index in [2.05, 4.69) is 30.5 Å². The molecule has 0 saturated heterocycles. The SMILES string of the molecule is CCC1=CCC(OC(C)CCC(=O)NC=O)C=C1. The molecule has 1 aliphatic rings. The van der Waals surface area contributed by atoms with Crippen LogP contribution in [-0.2, 0) is 14.3 Å². The molecule has 4 heteroatoms. The van der Waals surface area contributed by atoms with E-state index >= 15 is 0 Å². The molecule has 2 amide bonds. The van der Waals surface area contributed by atoms with Gasteiger partial charge in [-0.3, -0.25) is 14.9 Å². The third kappa shape index (κ3) is 5.27. The van der Waals surface area contributed by atoms with E-state index in [0.29, 0.717) is 19.3 Å². The van der Waals surface area contributed by atoms with E-state index in [9.17, 15) is 9.59 Å². The van der Waals surface area contributed by atoms with E-state index in [-0.39, 0.29) is 18.1 Å². The van der Waals surface area contributed by atoms with E-state index in [1.807, 2.05) is 6.92 Å². The summed E-state index contributed by atoms with van der Waals surface area (Å²) in [7, 11) is 0. The third-order valence-electron chi connectivity index (χ3n) is 2.95. The normalized spacial score (nSPS) is 20.1. The van der Waals surface area contributed by atoms with E-state index < -0.39 is 0 Å². The van der Waals surface area contributed by atoms with Crippen LogP contribution < -0.4 is 5.32 Å². The minimum atomic E-state index is -0.257. The molecule has 0 aliphatic heterocycles. The molecule has 0 radical (unpaired) electrons. The van der Waals surface area contributed by atoms with Gasteiger partial charge in [-0.05, 0) is 26.2 Å². The quantitative estimate of drug-likeness (QED) is 0.705. The summed E-state index contributed by atoms with van der Waals surface area (Å²) < 4.78 is 5.81. The Labute approximate surface area is 108 Å². The van der Waals surface area contributed by atoms with Crippen molar-refractivity contribution in [3.8, 4) is 0 Å². The van der Waals surface area contributed by atoms with E-state index in [4.69, 9.17) is 4.74 Å². The van der Waals surface area contributed by atoms with Crippen molar-refractivity contribution in [3.05, 3.63) is 23.8 Å². The predicted molar refractivity (Wildman–Crippen MR) is 69.9 cm³/mol. The van der Waals surface area contributed by atoms with Crippen molar-refractivity contribution in [3.63, 3.8) is 0 Å². The number of carbonyl (C=O) groups excluding carboxylic acids is 2. The molecule has 0 heterocycles. The second-order valence-electron chi connectivity index (χ2n) is 4.44. The van der Waals surface area contributed by atoms with Crippen LogP contribution in [0.15, 0.2) is 23.8 Å². The number of hydrogen-bond acceptors (Lipinski definition) is 3. The molecule has 2 unspecified atom stereocenters. The topological polar surface area (TPSA) is 55.4 Å². The summed E-state index contributed by atoms with van der Waals surface area (Å²) in [5.41, 5.74) is 1.34. The summed E-state index contributed by atoms with van der Waals surface area (Å²) in [6.07, 6.45) is 9.75. The maximum absolute atomic E-state index is 11.1. The average Bonchev–Trinajstić information content (AvgIpc) is 2.38. The van der Waals surface area contributed by atoms with Gasteiger partial charge in [0.15, 0.2) is 0 Å². The molecular formula is C14H21NO3. The number of nitrogens with one attached hydrogen (secondary N) is 1. The summed E-state index contributed by atoms with van der Waals surface area (Å²) >= 11 is 0. The van der Waals surface area contributed by atoms with Gasteiger partial charge in [0, 0.05) is 6.42 Å². The molecule has 0 aromatic carbocycles. The maximum atomic E-state index is 11.1. The summed E-state index contributed by atoms with van der Waals surface area (Å²) in [5.74, 6) is -0.257. The van der Waals surface area contributed by atoms with Crippen molar-refractivity contribution in [1.82, 2.24) is 5.32 Å². The van der Waals surface area contributed by atoms with Crippen molar-refractivity contribution in [2.45, 2.75) is 51.7 Å². The lowest BCUT2D eigenvalue weighted by Crippen LogP contribution is -2.24. The summed E-state index contributed by atoms with van der Waals surface area (Å²) in [6.45, 7) is 4.08. The molecule has 1 aliphatic carbocycles. The molecule has 0 spiro atoms. The Balaban J connectivity index is 2.23. The van der Waals surface area contributed by atoms with Crippen molar-refractivity contribution >= 4 is 12.3 Å². The highest BCUT2D eigenvalue weighted by Crippen LogP contribution is 2.17. The van der Waals surface area contributed by atoms with Gasteiger partial charge in [-0.25, -0.2) is 0 Å². The van der Waals surface area contributed by atoms with E-state index in [1.54, 1.807) is 0 Å². The average molecular weight is 251 g/mol. The van der Waals surface area contributed by atoms with Gasteiger partial charge in [-0.2, -0.15) is 0 Å². The number of imide groups is 1. The molecule has 1 rings (SSSR count). The number of hydrogen-bond donors (Lipinski definition) is 1. The number of rotatable bonds is 7. The smallest absolute Gasteiger partial charge is 0.226 e. The summed E-state index contributed by atoms with van der Waals surface area (Å²) in [4.78, 5) is 21.2. The van der Waals surface area contributed by atoms with Crippen LogP contribution in [0.5, 0.6) is 0 Å². The molecular weight excluding hydrogens is 230 g/mol. The van der Waals surface area contributed by atoms with E-state index in [0.717, 1.165) is 12.8 Å². The molecule has 0 bridgehead atoms. The maximum Gasteiger partial charge on any atom is 0.226 e. The van der Waals surface area contributed by atoms with E-state index in [1.165, 1.54) is 5.57 Å². The lowest BCUT2D eigenvalue weighted by Gasteiger charge is -2.21. The van der Waals surface area contributed by atoms with Gasteiger partial charge in [0.1, 0.15) is 0 Å². The van der Waals surface area contributed by atoms with Gasteiger partial charge in [-0.1, -0.05) is 30.7 Å². The van der Waals surface area contributed by atoms with Gasteiger partial charge in [0.2, 0.25) is 12.3 Å². The molecule has 0 fully saturated rings. The Morgan fingerprint density at radius 3 is 3.00 bits per heavy atom. The zero-order valence-electron chi connectivity index (χ0n) is 11.0. The van der Waals surface area contributed by atoms with Crippen LogP contribution in [0.25, 0.3) is 0 Å². The first kappa shape index (κ1) is 14.6. The van der Waals surface area contributed by atoms with Crippen LogP contribution >= 0.6 is 0 Å². The molecule has 100 valence electrons. The highest BCUT2D eigenvalue weighted by molar-refractivity contribution is 5.85. The Morgan fingerprint density at radius 2 is 2.44 bits per heavy atom.